The van der Waals surface area contributed by atoms with E-state index >= 15 is 0 Å². The largest absolute Gasteiger partial charge is 0.379 e. The number of aryl methyl sites for hydroxylation is 2. The Morgan fingerprint density at radius 3 is 2.88 bits per heavy atom. The number of hydrogen-bond acceptors (Lipinski definition) is 4. The Bertz CT molecular complexity index is 582. The van der Waals surface area contributed by atoms with Gasteiger partial charge in [0.25, 0.3) is 0 Å². The summed E-state index contributed by atoms with van der Waals surface area (Å²) in [5, 5.41) is 7.31. The summed E-state index contributed by atoms with van der Waals surface area (Å²) in [6.07, 6.45) is 1.88. The van der Waals surface area contributed by atoms with Gasteiger partial charge >= 0.3 is 0 Å². The lowest BCUT2D eigenvalue weighted by Gasteiger charge is -2.33. The number of ether oxygens (including phenoxy) is 1. The van der Waals surface area contributed by atoms with Crippen LogP contribution in [0.15, 0.2) is 6.07 Å². The zero-order chi connectivity index (χ0) is 17.7. The van der Waals surface area contributed by atoms with E-state index in [1.54, 1.807) is 4.90 Å². The number of anilines is 1. The van der Waals surface area contributed by atoms with E-state index in [1.807, 2.05) is 38.4 Å². The Kier molecular flexibility index (Phi) is 6.36. The summed E-state index contributed by atoms with van der Waals surface area (Å²) >= 11 is 0. The predicted octanol–water partition coefficient (Wildman–Crippen LogP) is 1.64. The molecule has 0 aliphatic carbocycles. The summed E-state index contributed by atoms with van der Waals surface area (Å²) in [5.74, 6) is 0.573. The van der Waals surface area contributed by atoms with E-state index in [0.29, 0.717) is 38.4 Å². The van der Waals surface area contributed by atoms with Crippen LogP contribution < -0.4 is 10.2 Å². The lowest BCUT2D eigenvalue weighted by Crippen LogP contribution is -2.52. The maximum absolute atomic E-state index is 12.6. The number of nitrogens with one attached hydrogen (secondary N) is 1. The van der Waals surface area contributed by atoms with Crippen molar-refractivity contribution in [3.63, 3.8) is 0 Å². The molecule has 0 aromatic carbocycles. The van der Waals surface area contributed by atoms with Crippen molar-refractivity contribution >= 4 is 17.6 Å². The monoisotopic (exact) mass is 336 g/mol. The molecule has 2 rings (SSSR count). The quantitative estimate of drug-likeness (QED) is 0.732. The molecule has 1 aromatic rings. The van der Waals surface area contributed by atoms with E-state index < -0.39 is 6.04 Å². The summed E-state index contributed by atoms with van der Waals surface area (Å²) in [6, 6.07) is 1.36. The third-order valence-electron chi connectivity index (χ3n) is 4.01. The van der Waals surface area contributed by atoms with E-state index in [-0.39, 0.29) is 17.9 Å². The first-order valence-corrected chi connectivity index (χ1v) is 8.69. The van der Waals surface area contributed by atoms with Crippen LogP contribution in [0.3, 0.4) is 0 Å². The number of hydrogen-bond donors (Lipinski definition) is 1. The molecule has 0 unspecified atom stereocenters. The molecule has 134 valence electrons. The van der Waals surface area contributed by atoms with E-state index in [1.165, 1.54) is 0 Å². The fourth-order valence-electron chi connectivity index (χ4n) is 2.88. The topological polar surface area (TPSA) is 76.5 Å². The first kappa shape index (κ1) is 18.4. The smallest absolute Gasteiger partial charge is 0.243 e. The zero-order valence-corrected chi connectivity index (χ0v) is 15.0. The number of nitrogens with zero attached hydrogens (tertiary/aromatic N) is 3. The summed E-state index contributed by atoms with van der Waals surface area (Å²) in [5.41, 5.74) is 0.853. The highest BCUT2D eigenvalue weighted by Crippen LogP contribution is 2.25. The second kappa shape index (κ2) is 8.28. The number of fused-ring (bicyclic) bond motifs is 1. The molecule has 1 aromatic heterocycles. The van der Waals surface area contributed by atoms with Gasteiger partial charge < -0.3 is 10.1 Å². The molecule has 7 nitrogen and oxygen atoms in total. The van der Waals surface area contributed by atoms with Crippen LogP contribution in [-0.4, -0.2) is 46.9 Å². The van der Waals surface area contributed by atoms with Gasteiger partial charge in [-0.25, -0.2) is 4.68 Å². The molecule has 2 amide bonds. The molecule has 1 aliphatic rings. The van der Waals surface area contributed by atoms with E-state index in [0.717, 1.165) is 12.1 Å². The molecule has 7 heteroatoms. The SMILES string of the molecule is CC[C@@H](C(=O)NCCCOC(C)C)N1C(=O)CCn2nc(C)cc21. The minimum atomic E-state index is -0.501. The average molecular weight is 336 g/mol. The molecule has 0 radical (unpaired) electrons. The number of amides is 2. The molecule has 2 heterocycles. The molecule has 0 fully saturated rings. The fraction of sp³-hybridized carbons (Fsp3) is 0.706. The van der Waals surface area contributed by atoms with Gasteiger partial charge in [0.2, 0.25) is 11.8 Å². The lowest BCUT2D eigenvalue weighted by atomic mass is 10.1. The van der Waals surface area contributed by atoms with Crippen molar-refractivity contribution in [2.24, 2.45) is 0 Å². The van der Waals surface area contributed by atoms with Gasteiger partial charge in [-0.2, -0.15) is 5.10 Å². The Balaban J connectivity index is 1.99. The molecule has 0 bridgehead atoms. The highest BCUT2D eigenvalue weighted by Gasteiger charge is 2.34. The van der Waals surface area contributed by atoms with Gasteiger partial charge in [-0.3, -0.25) is 14.5 Å². The Morgan fingerprint density at radius 2 is 2.21 bits per heavy atom. The number of carbonyl (C=O) groups excluding carboxylic acids is 2. The van der Waals surface area contributed by atoms with Crippen LogP contribution in [0.1, 0.15) is 45.7 Å². The van der Waals surface area contributed by atoms with Gasteiger partial charge in [-0.15, -0.1) is 0 Å². The summed E-state index contributed by atoms with van der Waals surface area (Å²) in [4.78, 5) is 26.6. The highest BCUT2D eigenvalue weighted by atomic mass is 16.5. The predicted molar refractivity (Wildman–Crippen MR) is 91.9 cm³/mol. The van der Waals surface area contributed by atoms with Crippen molar-refractivity contribution in [2.75, 3.05) is 18.1 Å². The van der Waals surface area contributed by atoms with Crippen LogP contribution in [0.25, 0.3) is 0 Å². The number of aromatic nitrogens is 2. The van der Waals surface area contributed by atoms with Gasteiger partial charge in [0.05, 0.1) is 18.3 Å². The minimum absolute atomic E-state index is 0.0208. The molecule has 0 saturated carbocycles. The molecule has 1 atom stereocenters. The maximum Gasteiger partial charge on any atom is 0.243 e. The normalized spacial score (nSPS) is 15.5. The first-order valence-electron chi connectivity index (χ1n) is 8.69. The van der Waals surface area contributed by atoms with Crippen molar-refractivity contribution in [1.82, 2.24) is 15.1 Å². The Hall–Kier alpha value is -1.89. The number of carbonyl (C=O) groups is 2. The molecule has 1 N–H and O–H groups in total. The molecule has 0 saturated heterocycles. The van der Waals surface area contributed by atoms with Crippen LogP contribution in [0, 0.1) is 6.92 Å². The minimum Gasteiger partial charge on any atom is -0.379 e. The maximum atomic E-state index is 12.6. The van der Waals surface area contributed by atoms with Crippen LogP contribution in [0.5, 0.6) is 0 Å². The van der Waals surface area contributed by atoms with Crippen molar-refractivity contribution in [3.05, 3.63) is 11.8 Å². The van der Waals surface area contributed by atoms with E-state index in [4.69, 9.17) is 4.74 Å². The van der Waals surface area contributed by atoms with Crippen molar-refractivity contribution in [3.8, 4) is 0 Å². The standard InChI is InChI=1S/C17H28N4O3/c1-5-14(17(23)18-8-6-10-24-12(2)3)21-15-11-13(4)19-20(15)9-7-16(21)22/h11-12,14H,5-10H2,1-4H3,(H,18,23)/t14-/m0/s1. The third kappa shape index (κ3) is 4.35. The summed E-state index contributed by atoms with van der Waals surface area (Å²) < 4.78 is 7.27. The second-order valence-corrected chi connectivity index (χ2v) is 6.37. The highest BCUT2D eigenvalue weighted by molar-refractivity contribution is 6.00. The first-order chi connectivity index (χ1) is 11.4. The van der Waals surface area contributed by atoms with E-state index in [2.05, 4.69) is 10.4 Å². The van der Waals surface area contributed by atoms with Gasteiger partial charge in [-0.1, -0.05) is 6.92 Å². The third-order valence-corrected chi connectivity index (χ3v) is 4.01. The van der Waals surface area contributed by atoms with Crippen LogP contribution in [0.4, 0.5) is 5.82 Å². The number of rotatable bonds is 8. The molecule has 1 aliphatic heterocycles. The van der Waals surface area contributed by atoms with Crippen molar-refractivity contribution < 1.29 is 14.3 Å². The van der Waals surface area contributed by atoms with Crippen LogP contribution in [-0.2, 0) is 20.9 Å². The second-order valence-electron chi connectivity index (χ2n) is 6.37. The summed E-state index contributed by atoms with van der Waals surface area (Å²) in [7, 11) is 0. The van der Waals surface area contributed by atoms with Gasteiger partial charge in [0, 0.05) is 25.6 Å². The average Bonchev–Trinajstić information content (AvgIpc) is 2.90. The molecular weight excluding hydrogens is 308 g/mol. The van der Waals surface area contributed by atoms with Gasteiger partial charge in [0.15, 0.2) is 0 Å². The fourth-order valence-corrected chi connectivity index (χ4v) is 2.88. The molecule has 24 heavy (non-hydrogen) atoms. The Morgan fingerprint density at radius 1 is 1.46 bits per heavy atom. The summed E-state index contributed by atoms with van der Waals surface area (Å²) in [6.45, 7) is 9.51. The molecule has 0 spiro atoms. The van der Waals surface area contributed by atoms with E-state index in [9.17, 15) is 9.59 Å². The van der Waals surface area contributed by atoms with Crippen LogP contribution in [0.2, 0.25) is 0 Å². The van der Waals surface area contributed by atoms with Gasteiger partial charge in [0.1, 0.15) is 11.9 Å². The Labute approximate surface area is 143 Å². The zero-order valence-electron chi connectivity index (χ0n) is 15.0. The molecular formula is C17H28N4O3. The van der Waals surface area contributed by atoms with Crippen LogP contribution >= 0.6 is 0 Å². The van der Waals surface area contributed by atoms with Gasteiger partial charge in [-0.05, 0) is 33.6 Å². The van der Waals surface area contributed by atoms with Crippen molar-refractivity contribution in [1.29, 1.82) is 0 Å². The van der Waals surface area contributed by atoms with Crippen molar-refractivity contribution in [2.45, 2.75) is 65.6 Å². The lowest BCUT2D eigenvalue weighted by molar-refractivity contribution is -0.127.